The average Bonchev–Trinajstić information content (AvgIpc) is 3.19. The highest BCUT2D eigenvalue weighted by molar-refractivity contribution is 8.14. The molecule has 8 heteroatoms. The van der Waals surface area contributed by atoms with Gasteiger partial charge in [-0.2, -0.15) is 4.99 Å². The molecular weight excluding hydrogens is 667 g/mol. The molecule has 3 amide bonds. The van der Waals surface area contributed by atoms with Gasteiger partial charge in [0.05, 0.1) is 11.8 Å². The number of carbonyl (C=O) groups excluding carboxylic acids is 3. The summed E-state index contributed by atoms with van der Waals surface area (Å²) in [5.74, 6) is -0.935. The van der Waals surface area contributed by atoms with Crippen LogP contribution in [0.2, 0.25) is 0 Å². The Labute approximate surface area is 307 Å². The van der Waals surface area contributed by atoms with Crippen LogP contribution in [0.5, 0.6) is 5.75 Å². The molecule has 52 heavy (non-hydrogen) atoms. The van der Waals surface area contributed by atoms with Crippen molar-refractivity contribution >= 4 is 51.5 Å². The van der Waals surface area contributed by atoms with Crippen molar-refractivity contribution in [3.8, 4) is 5.75 Å². The second-order valence-electron chi connectivity index (χ2n) is 11.9. The van der Waals surface area contributed by atoms with Crippen molar-refractivity contribution in [1.29, 1.82) is 0 Å². The number of carbonyl (C=O) groups is 3. The molecule has 0 radical (unpaired) electrons. The van der Waals surface area contributed by atoms with Gasteiger partial charge >= 0.3 is 0 Å². The Kier molecular flexibility index (Phi) is 11.7. The first-order valence-corrected chi connectivity index (χ1v) is 17.8. The van der Waals surface area contributed by atoms with E-state index in [2.05, 4.69) is 41.2 Å². The number of fused-ring (bicyclic) bond motifs is 1. The van der Waals surface area contributed by atoms with Crippen LogP contribution in [0.4, 0.5) is 0 Å². The van der Waals surface area contributed by atoms with Gasteiger partial charge in [0.25, 0.3) is 11.8 Å². The topological polar surface area (TPSA) is 88.1 Å². The first kappa shape index (κ1) is 35.6. The molecule has 1 aliphatic rings. The lowest BCUT2D eigenvalue weighted by molar-refractivity contribution is -0.126. The molecule has 0 aromatic heterocycles. The molecule has 5 aromatic rings. The number of benzene rings is 5. The Morgan fingerprint density at radius 3 is 2.17 bits per heavy atom. The number of allylic oxidation sites excluding steroid dienone is 4. The van der Waals surface area contributed by atoms with E-state index in [9.17, 15) is 14.4 Å². The predicted octanol–water partition coefficient (Wildman–Crippen LogP) is 8.81. The lowest BCUT2D eigenvalue weighted by atomic mass is 9.99. The Balaban J connectivity index is 1.18. The largest absolute Gasteiger partial charge is 0.489 e. The standard InChI is InChI=1S/C44H37N3O4S/c1-3-5-20-37(4-2)47-43(50)39(28-31-22-25-38(26-23-31)51-29-32-21-24-33-14-12-13-19-36(33)27-32)42(49)46-44(47)52-30-40(48)45-41(34-15-8-6-9-16-34)35-17-10-7-11-18-35/h3-28,41H,1,29-30H2,2H3,(H,45,48)/b20-5-,37-4+,39-28+. The van der Waals surface area contributed by atoms with Crippen LogP contribution < -0.4 is 10.1 Å². The number of nitrogens with one attached hydrogen (secondary N) is 1. The van der Waals surface area contributed by atoms with Crippen LogP contribution in [0.1, 0.15) is 35.2 Å². The highest BCUT2D eigenvalue weighted by atomic mass is 32.2. The minimum atomic E-state index is -0.685. The smallest absolute Gasteiger partial charge is 0.285 e. The van der Waals surface area contributed by atoms with Gasteiger partial charge in [0, 0.05) is 5.70 Å². The van der Waals surface area contributed by atoms with Gasteiger partial charge in [0.2, 0.25) is 5.91 Å². The van der Waals surface area contributed by atoms with Crippen LogP contribution in [0.25, 0.3) is 16.8 Å². The van der Waals surface area contributed by atoms with E-state index in [1.54, 1.807) is 55.5 Å². The molecule has 0 saturated heterocycles. The molecule has 0 spiro atoms. The maximum absolute atomic E-state index is 14.0. The normalized spacial score (nSPS) is 14.3. The van der Waals surface area contributed by atoms with Crippen molar-refractivity contribution in [2.45, 2.75) is 19.6 Å². The minimum Gasteiger partial charge on any atom is -0.489 e. The van der Waals surface area contributed by atoms with Gasteiger partial charge in [-0.3, -0.25) is 19.3 Å². The highest BCUT2D eigenvalue weighted by Gasteiger charge is 2.35. The molecular formula is C44H37N3O4S. The van der Waals surface area contributed by atoms with Gasteiger partial charge < -0.3 is 10.1 Å². The van der Waals surface area contributed by atoms with E-state index in [1.165, 1.54) is 16.4 Å². The third-order valence-corrected chi connectivity index (χ3v) is 9.26. The summed E-state index contributed by atoms with van der Waals surface area (Å²) in [5.41, 5.74) is 3.93. The van der Waals surface area contributed by atoms with E-state index in [-0.39, 0.29) is 28.4 Å². The van der Waals surface area contributed by atoms with Crippen LogP contribution >= 0.6 is 11.8 Å². The highest BCUT2D eigenvalue weighted by Crippen LogP contribution is 2.28. The summed E-state index contributed by atoms with van der Waals surface area (Å²) in [6, 6.07) is 40.6. The Hall–Kier alpha value is -6.25. The first-order valence-electron chi connectivity index (χ1n) is 16.8. The molecule has 0 bridgehead atoms. The fourth-order valence-corrected chi connectivity index (χ4v) is 6.52. The Morgan fingerprint density at radius 2 is 1.52 bits per heavy atom. The number of ether oxygens (including phenoxy) is 1. The molecule has 0 unspecified atom stereocenters. The number of amides is 3. The zero-order valence-corrected chi connectivity index (χ0v) is 29.5. The van der Waals surface area contributed by atoms with Gasteiger partial charge in [-0.05, 0) is 70.3 Å². The number of amidine groups is 1. The summed E-state index contributed by atoms with van der Waals surface area (Å²) in [5, 5.41) is 5.54. The number of nitrogens with zero attached hydrogens (tertiary/aromatic N) is 2. The summed E-state index contributed by atoms with van der Waals surface area (Å²) in [4.78, 5) is 46.5. The van der Waals surface area contributed by atoms with E-state index in [0.717, 1.165) is 33.8 Å². The lowest BCUT2D eigenvalue weighted by Crippen LogP contribution is -2.42. The van der Waals surface area contributed by atoms with E-state index < -0.39 is 11.8 Å². The van der Waals surface area contributed by atoms with Crippen LogP contribution in [0.3, 0.4) is 0 Å². The predicted molar refractivity (Wildman–Crippen MR) is 210 cm³/mol. The fraction of sp³-hybridized carbons (Fsp3) is 0.0909. The monoisotopic (exact) mass is 703 g/mol. The maximum atomic E-state index is 14.0. The summed E-state index contributed by atoms with van der Waals surface area (Å²) in [7, 11) is 0. The van der Waals surface area contributed by atoms with E-state index in [0.29, 0.717) is 23.6 Å². The van der Waals surface area contributed by atoms with Crippen LogP contribution in [-0.4, -0.2) is 33.5 Å². The van der Waals surface area contributed by atoms with Gasteiger partial charge in [-0.1, -0.05) is 146 Å². The maximum Gasteiger partial charge on any atom is 0.285 e. The third kappa shape index (κ3) is 8.72. The molecule has 258 valence electrons. The summed E-state index contributed by atoms with van der Waals surface area (Å²) < 4.78 is 6.02. The Bertz CT molecular complexity index is 2170. The zero-order valence-electron chi connectivity index (χ0n) is 28.6. The molecule has 1 heterocycles. The first-order chi connectivity index (χ1) is 25.4. The number of thioether (sulfide) groups is 1. The molecule has 7 nitrogen and oxygen atoms in total. The molecule has 0 atom stereocenters. The van der Waals surface area contributed by atoms with Crippen LogP contribution in [0, 0.1) is 0 Å². The number of aliphatic imine (C=N–C) groups is 1. The SMILES string of the molecule is C=C/C=C\C(=C/C)N1C(=O)/C(=C/c2ccc(OCc3ccc4ccccc4c3)cc2)C(=O)N=C1SCC(=O)NC(c1ccccc1)c1ccccc1. The molecule has 1 aliphatic heterocycles. The molecule has 5 aromatic carbocycles. The van der Waals surface area contributed by atoms with Crippen molar-refractivity contribution in [1.82, 2.24) is 10.2 Å². The van der Waals surface area contributed by atoms with Crippen molar-refractivity contribution in [3.63, 3.8) is 0 Å². The molecule has 6 rings (SSSR count). The Morgan fingerprint density at radius 1 is 0.865 bits per heavy atom. The minimum absolute atomic E-state index is 0.0755. The zero-order chi connectivity index (χ0) is 36.3. The second-order valence-corrected chi connectivity index (χ2v) is 12.8. The fourth-order valence-electron chi connectivity index (χ4n) is 5.72. The van der Waals surface area contributed by atoms with Crippen molar-refractivity contribution in [3.05, 3.63) is 192 Å². The van der Waals surface area contributed by atoms with Crippen LogP contribution in [0.15, 0.2) is 175 Å². The van der Waals surface area contributed by atoms with Gasteiger partial charge in [0.1, 0.15) is 17.9 Å². The summed E-state index contributed by atoms with van der Waals surface area (Å²) in [6.07, 6.45) is 8.25. The van der Waals surface area contributed by atoms with E-state index >= 15 is 0 Å². The van der Waals surface area contributed by atoms with Gasteiger partial charge in [-0.15, -0.1) is 0 Å². The van der Waals surface area contributed by atoms with Crippen molar-refractivity contribution in [2.75, 3.05) is 5.75 Å². The molecule has 0 fully saturated rings. The summed E-state index contributed by atoms with van der Waals surface area (Å²) >= 11 is 1.02. The second kappa shape index (κ2) is 17.1. The van der Waals surface area contributed by atoms with Crippen molar-refractivity contribution < 1.29 is 19.1 Å². The quantitative estimate of drug-likeness (QED) is 0.0798. The third-order valence-electron chi connectivity index (χ3n) is 8.32. The van der Waals surface area contributed by atoms with Gasteiger partial charge in [0.15, 0.2) is 5.17 Å². The van der Waals surface area contributed by atoms with Gasteiger partial charge in [-0.25, -0.2) is 0 Å². The van der Waals surface area contributed by atoms with Crippen LogP contribution in [-0.2, 0) is 21.0 Å². The molecule has 0 aliphatic carbocycles. The number of rotatable bonds is 12. The summed E-state index contributed by atoms with van der Waals surface area (Å²) in [6.45, 7) is 5.92. The van der Waals surface area contributed by atoms with E-state index in [1.807, 2.05) is 78.9 Å². The van der Waals surface area contributed by atoms with E-state index in [4.69, 9.17) is 4.74 Å². The molecule has 1 N–H and O–H groups in total. The number of hydrogen-bond donors (Lipinski definition) is 1. The van der Waals surface area contributed by atoms with Crippen molar-refractivity contribution in [2.24, 2.45) is 4.99 Å². The molecule has 0 saturated carbocycles. The average molecular weight is 704 g/mol. The lowest BCUT2D eigenvalue weighted by Gasteiger charge is -2.28. The number of hydrogen-bond acceptors (Lipinski definition) is 5.